The summed E-state index contributed by atoms with van der Waals surface area (Å²) in [7, 11) is 0. The molecule has 4 rings (SSSR count). The molecule has 2 amide bonds. The van der Waals surface area contributed by atoms with Gasteiger partial charge in [0, 0.05) is 11.1 Å². The minimum atomic E-state index is -0.446. The first-order valence-electron chi connectivity index (χ1n) is 26.1. The van der Waals surface area contributed by atoms with E-state index in [2.05, 4.69) is 62.6 Å². The topological polar surface area (TPSA) is 76.7 Å². The van der Waals surface area contributed by atoms with E-state index >= 15 is 0 Å². The van der Waals surface area contributed by atoms with Crippen LogP contribution in [0.3, 0.4) is 0 Å². The van der Waals surface area contributed by atoms with E-state index in [1.165, 1.54) is 151 Å². The van der Waals surface area contributed by atoms with Crippen molar-refractivity contribution in [1.82, 2.24) is 10.6 Å². The lowest BCUT2D eigenvalue weighted by atomic mass is 9.68. The third-order valence-corrected chi connectivity index (χ3v) is 14.1. The van der Waals surface area contributed by atoms with E-state index in [1.807, 2.05) is 12.1 Å². The Hall–Kier alpha value is -3.02. The van der Waals surface area contributed by atoms with Crippen molar-refractivity contribution in [2.24, 2.45) is 0 Å². The number of carbonyl (C=O) groups is 2. The second-order valence-electron chi connectivity index (χ2n) is 19.3. The van der Waals surface area contributed by atoms with Crippen LogP contribution in [0, 0.1) is 0 Å². The van der Waals surface area contributed by atoms with Gasteiger partial charge in [-0.1, -0.05) is 193 Å². The van der Waals surface area contributed by atoms with E-state index in [1.54, 1.807) is 0 Å². The minimum Gasteiger partial charge on any atom is -0.410 e. The molecule has 6 nitrogen and oxygen atoms in total. The molecule has 0 heterocycles. The Kier molecular flexibility index (Phi) is 24.4. The van der Waals surface area contributed by atoms with Gasteiger partial charge in [-0.15, -0.1) is 0 Å². The SMILES string of the molecule is CCCCCCCc1cccc(OC(=O)NC2(CC3(NC(=O)Oc4cccc(CCCCCCC)c4CCCCCCC)CCCCC3)CCCCC2)c1CCCCCCC. The fraction of sp³-hybridized carbons (Fsp3) is 0.745. The number of amides is 2. The Balaban J connectivity index is 1.50. The van der Waals surface area contributed by atoms with Gasteiger partial charge in [0.2, 0.25) is 0 Å². The molecule has 2 N–H and O–H groups in total. The van der Waals surface area contributed by atoms with Crippen molar-refractivity contribution in [2.45, 2.75) is 264 Å². The molecule has 0 unspecified atom stereocenters. The van der Waals surface area contributed by atoms with Crippen molar-refractivity contribution in [2.75, 3.05) is 0 Å². The number of ether oxygens (including phenoxy) is 2. The van der Waals surface area contributed by atoms with Gasteiger partial charge in [-0.25, -0.2) is 9.59 Å². The number of rotatable bonds is 30. The first-order chi connectivity index (χ1) is 29.9. The van der Waals surface area contributed by atoms with Crippen LogP contribution in [-0.2, 0) is 25.7 Å². The summed E-state index contributed by atoms with van der Waals surface area (Å²) in [6.07, 6.45) is 38.7. The Morgan fingerprint density at radius 3 is 1.11 bits per heavy atom. The molecule has 0 aromatic heterocycles. The highest BCUT2D eigenvalue weighted by atomic mass is 16.6. The van der Waals surface area contributed by atoms with Gasteiger partial charge >= 0.3 is 12.2 Å². The quantitative estimate of drug-likeness (QED) is 0.0768. The molecule has 61 heavy (non-hydrogen) atoms. The van der Waals surface area contributed by atoms with Crippen molar-refractivity contribution >= 4 is 12.2 Å². The van der Waals surface area contributed by atoms with Crippen LogP contribution in [0.4, 0.5) is 9.59 Å². The van der Waals surface area contributed by atoms with E-state index < -0.39 is 11.1 Å². The highest BCUT2D eigenvalue weighted by molar-refractivity contribution is 5.73. The fourth-order valence-electron chi connectivity index (χ4n) is 10.6. The molecule has 2 aromatic rings. The lowest BCUT2D eigenvalue weighted by molar-refractivity contribution is 0.107. The van der Waals surface area contributed by atoms with Gasteiger partial charge < -0.3 is 20.1 Å². The summed E-state index contributed by atoms with van der Waals surface area (Å²) in [5, 5.41) is 7.01. The Morgan fingerprint density at radius 2 is 0.770 bits per heavy atom. The largest absolute Gasteiger partial charge is 0.413 e. The molecule has 0 bridgehead atoms. The predicted octanol–water partition coefficient (Wildman–Crippen LogP) is 16.4. The van der Waals surface area contributed by atoms with E-state index in [-0.39, 0.29) is 12.2 Å². The van der Waals surface area contributed by atoms with Gasteiger partial charge in [-0.3, -0.25) is 0 Å². The number of carbonyl (C=O) groups excluding carboxylic acids is 2. The van der Waals surface area contributed by atoms with Gasteiger partial charge in [0.05, 0.1) is 0 Å². The zero-order valence-electron chi connectivity index (χ0n) is 39.8. The van der Waals surface area contributed by atoms with Crippen LogP contribution >= 0.6 is 0 Å². The smallest absolute Gasteiger partial charge is 0.410 e. The maximum atomic E-state index is 14.2. The van der Waals surface area contributed by atoms with Crippen LogP contribution in [-0.4, -0.2) is 23.3 Å². The lowest BCUT2D eigenvalue weighted by Crippen LogP contribution is -2.60. The average Bonchev–Trinajstić information content (AvgIpc) is 3.25. The number of aryl methyl sites for hydroxylation is 2. The number of unbranched alkanes of at least 4 members (excludes halogenated alkanes) is 16. The average molecular weight is 843 g/mol. The summed E-state index contributed by atoms with van der Waals surface area (Å²) >= 11 is 0. The van der Waals surface area contributed by atoms with E-state index in [0.717, 1.165) is 101 Å². The molecule has 2 saturated carbocycles. The maximum Gasteiger partial charge on any atom is 0.413 e. The summed E-state index contributed by atoms with van der Waals surface area (Å²) < 4.78 is 12.8. The van der Waals surface area contributed by atoms with Gasteiger partial charge in [-0.05, 0) is 118 Å². The van der Waals surface area contributed by atoms with Crippen molar-refractivity contribution in [3.63, 3.8) is 0 Å². The van der Waals surface area contributed by atoms with Crippen LogP contribution in [0.15, 0.2) is 36.4 Å². The first-order valence-corrected chi connectivity index (χ1v) is 26.1. The second-order valence-corrected chi connectivity index (χ2v) is 19.3. The van der Waals surface area contributed by atoms with Gasteiger partial charge in [0.15, 0.2) is 0 Å². The summed E-state index contributed by atoms with van der Waals surface area (Å²) in [6, 6.07) is 12.7. The number of benzene rings is 2. The van der Waals surface area contributed by atoms with Crippen molar-refractivity contribution in [3.05, 3.63) is 58.7 Å². The van der Waals surface area contributed by atoms with Crippen molar-refractivity contribution < 1.29 is 19.1 Å². The van der Waals surface area contributed by atoms with Crippen LogP contribution < -0.4 is 20.1 Å². The standard InChI is InChI=1S/C55H90N2O4/c1-5-9-13-17-23-33-46-35-31-39-50(48(46)37-25-19-15-11-7-3)60-52(58)56-54(41-27-21-28-42-54)45-55(43-29-22-30-44-55)57-53(59)61-51-40-32-36-47(34-24-18-14-10-6-2)49(51)38-26-20-16-12-8-4/h31-32,35-36,39-40H,5-30,33-34,37-38,41-45H2,1-4H3,(H,56,58)(H,57,59). The van der Waals surface area contributed by atoms with Crippen LogP contribution in [0.1, 0.15) is 249 Å². The van der Waals surface area contributed by atoms with Crippen LogP contribution in [0.25, 0.3) is 0 Å². The number of hydrogen-bond donors (Lipinski definition) is 2. The maximum absolute atomic E-state index is 14.2. The minimum absolute atomic E-state index is 0.349. The summed E-state index contributed by atoms with van der Waals surface area (Å²) in [4.78, 5) is 28.4. The van der Waals surface area contributed by atoms with Gasteiger partial charge in [0.25, 0.3) is 0 Å². The first kappa shape index (κ1) is 50.6. The van der Waals surface area contributed by atoms with Crippen LogP contribution in [0.5, 0.6) is 11.5 Å². The molecule has 0 spiro atoms. The third kappa shape index (κ3) is 18.3. The molecule has 0 atom stereocenters. The normalized spacial score (nSPS) is 15.9. The van der Waals surface area contributed by atoms with E-state index in [4.69, 9.17) is 9.47 Å². The predicted molar refractivity (Wildman–Crippen MR) is 257 cm³/mol. The Bertz CT molecular complexity index is 1400. The summed E-state index contributed by atoms with van der Waals surface area (Å²) in [6.45, 7) is 9.06. The van der Waals surface area contributed by atoms with Gasteiger partial charge in [0.1, 0.15) is 11.5 Å². The third-order valence-electron chi connectivity index (χ3n) is 14.1. The molecule has 344 valence electrons. The molecule has 2 aliphatic carbocycles. The van der Waals surface area contributed by atoms with E-state index in [0.29, 0.717) is 6.42 Å². The number of nitrogens with one attached hydrogen (secondary N) is 2. The zero-order valence-corrected chi connectivity index (χ0v) is 39.8. The molecule has 0 aliphatic heterocycles. The van der Waals surface area contributed by atoms with Crippen molar-refractivity contribution in [3.8, 4) is 11.5 Å². The highest BCUT2D eigenvalue weighted by Crippen LogP contribution is 2.41. The van der Waals surface area contributed by atoms with E-state index in [9.17, 15) is 9.59 Å². The summed E-state index contributed by atoms with van der Waals surface area (Å²) in [5.74, 6) is 1.45. The molecule has 2 fully saturated rings. The molecule has 2 aliphatic rings. The Labute approximate surface area is 374 Å². The molecule has 0 saturated heterocycles. The zero-order chi connectivity index (χ0) is 43.4. The monoisotopic (exact) mass is 843 g/mol. The fourth-order valence-corrected chi connectivity index (χ4v) is 10.6. The molecule has 6 heteroatoms. The molecular formula is C55H90N2O4. The Morgan fingerprint density at radius 1 is 0.443 bits per heavy atom. The second kappa shape index (κ2) is 29.4. The summed E-state index contributed by atoms with van der Waals surface area (Å²) in [5.41, 5.74) is 4.22. The van der Waals surface area contributed by atoms with Crippen LogP contribution in [0.2, 0.25) is 0 Å². The molecule has 0 radical (unpaired) electrons. The number of hydrogen-bond acceptors (Lipinski definition) is 4. The van der Waals surface area contributed by atoms with Gasteiger partial charge in [-0.2, -0.15) is 0 Å². The lowest BCUT2D eigenvalue weighted by Gasteiger charge is -2.47. The molecular weight excluding hydrogens is 753 g/mol. The highest BCUT2D eigenvalue weighted by Gasteiger charge is 2.45. The van der Waals surface area contributed by atoms with Crippen molar-refractivity contribution in [1.29, 1.82) is 0 Å². The molecule has 2 aromatic carbocycles.